The smallest absolute Gasteiger partial charge is 0.306 e. The normalized spacial score (nSPS) is 11.9. The maximum atomic E-state index is 13.8. The van der Waals surface area contributed by atoms with Crippen molar-refractivity contribution < 1.29 is 27.8 Å². The summed E-state index contributed by atoms with van der Waals surface area (Å²) in [6.45, 7) is 4.09. The molecule has 0 amide bonds. The lowest BCUT2D eigenvalue weighted by molar-refractivity contribution is -0.149. The zero-order valence-corrected chi connectivity index (χ0v) is 22.6. The number of ether oxygens (including phenoxy) is 2. The molecule has 0 saturated carbocycles. The van der Waals surface area contributed by atoms with Crippen LogP contribution in [0.5, 0.6) is 0 Å². The van der Waals surface area contributed by atoms with Gasteiger partial charge in [-0.05, 0) is 31.9 Å². The summed E-state index contributed by atoms with van der Waals surface area (Å²) in [5, 5.41) is 0. The summed E-state index contributed by atoms with van der Waals surface area (Å²) in [5.74, 6) is -2.43. The molecule has 0 aliphatic rings. The van der Waals surface area contributed by atoms with E-state index in [-0.39, 0.29) is 30.8 Å². The van der Waals surface area contributed by atoms with Crippen molar-refractivity contribution in [3.05, 3.63) is 35.4 Å². The van der Waals surface area contributed by atoms with Gasteiger partial charge in [-0.15, -0.1) is 0 Å². The van der Waals surface area contributed by atoms with E-state index in [1.807, 2.05) is 0 Å². The van der Waals surface area contributed by atoms with Crippen LogP contribution in [0.15, 0.2) is 18.2 Å². The number of esters is 2. The highest BCUT2D eigenvalue weighted by atomic mass is 19.1. The summed E-state index contributed by atoms with van der Waals surface area (Å²) in [4.78, 5) is 23.8. The van der Waals surface area contributed by atoms with Crippen LogP contribution in [0, 0.1) is 11.6 Å². The molecule has 0 heterocycles. The molecule has 0 saturated heterocycles. The highest BCUT2D eigenvalue weighted by Gasteiger charge is 2.19. The van der Waals surface area contributed by atoms with Crippen LogP contribution in [-0.4, -0.2) is 18.5 Å². The second-order valence-electron chi connectivity index (χ2n) is 9.79. The van der Waals surface area contributed by atoms with Crippen LogP contribution in [0.4, 0.5) is 8.78 Å². The van der Waals surface area contributed by atoms with Crippen molar-refractivity contribution in [1.29, 1.82) is 0 Å². The van der Waals surface area contributed by atoms with Gasteiger partial charge in [-0.25, -0.2) is 8.78 Å². The summed E-state index contributed by atoms with van der Waals surface area (Å²) in [7, 11) is 0. The minimum Gasteiger partial charge on any atom is -0.466 e. The van der Waals surface area contributed by atoms with Crippen molar-refractivity contribution >= 4 is 11.9 Å². The molecule has 0 spiro atoms. The zero-order valence-electron chi connectivity index (χ0n) is 22.6. The molecule has 0 bridgehead atoms. The lowest BCUT2D eigenvalue weighted by Crippen LogP contribution is -2.12. The Bertz CT molecular complexity index is 703. The SMILES string of the molecule is CCCCCCCCCCCCCCCCCOC(=O)CCCC(=O)OC(C)c1c(F)cccc1F. The number of carbonyl (C=O) groups excluding carboxylic acids is 2. The molecular formula is C30H48F2O4. The summed E-state index contributed by atoms with van der Waals surface area (Å²) in [6, 6.07) is 3.50. The highest BCUT2D eigenvalue weighted by Crippen LogP contribution is 2.24. The third-order valence-corrected chi connectivity index (χ3v) is 6.49. The molecule has 36 heavy (non-hydrogen) atoms. The van der Waals surface area contributed by atoms with Crippen molar-refractivity contribution in [3.8, 4) is 0 Å². The molecule has 4 nitrogen and oxygen atoms in total. The monoisotopic (exact) mass is 510 g/mol. The van der Waals surface area contributed by atoms with Crippen molar-refractivity contribution in [2.75, 3.05) is 6.61 Å². The first-order chi connectivity index (χ1) is 17.5. The van der Waals surface area contributed by atoms with Gasteiger partial charge in [0.15, 0.2) is 0 Å². The van der Waals surface area contributed by atoms with Crippen LogP contribution < -0.4 is 0 Å². The molecule has 0 N–H and O–H groups in total. The lowest BCUT2D eigenvalue weighted by Gasteiger charge is -2.15. The number of hydrogen-bond donors (Lipinski definition) is 0. The average molecular weight is 511 g/mol. The third-order valence-electron chi connectivity index (χ3n) is 6.49. The lowest BCUT2D eigenvalue weighted by atomic mass is 10.0. The van der Waals surface area contributed by atoms with Gasteiger partial charge in [0.25, 0.3) is 0 Å². The van der Waals surface area contributed by atoms with Gasteiger partial charge in [-0.1, -0.05) is 103 Å². The number of halogens is 2. The summed E-state index contributed by atoms with van der Waals surface area (Å²) in [5.41, 5.74) is -0.270. The minimum atomic E-state index is -1.03. The van der Waals surface area contributed by atoms with Crippen molar-refractivity contribution in [1.82, 2.24) is 0 Å². The Morgan fingerprint density at radius 1 is 0.694 bits per heavy atom. The van der Waals surface area contributed by atoms with E-state index in [2.05, 4.69) is 6.92 Å². The molecule has 0 radical (unpaired) electrons. The second kappa shape index (κ2) is 21.1. The van der Waals surface area contributed by atoms with E-state index in [4.69, 9.17) is 9.47 Å². The molecule has 6 heteroatoms. The summed E-state index contributed by atoms with van der Waals surface area (Å²) in [6.07, 6.45) is 18.7. The molecular weight excluding hydrogens is 462 g/mol. The van der Waals surface area contributed by atoms with E-state index in [1.54, 1.807) is 0 Å². The van der Waals surface area contributed by atoms with Gasteiger partial charge in [-0.3, -0.25) is 9.59 Å². The number of unbranched alkanes of at least 4 members (excludes halogenated alkanes) is 14. The van der Waals surface area contributed by atoms with Crippen LogP contribution in [0.1, 0.15) is 141 Å². The van der Waals surface area contributed by atoms with Crippen molar-refractivity contribution in [2.45, 2.75) is 136 Å². The van der Waals surface area contributed by atoms with E-state index in [0.29, 0.717) is 6.61 Å². The van der Waals surface area contributed by atoms with Crippen LogP contribution in [0.25, 0.3) is 0 Å². The van der Waals surface area contributed by atoms with E-state index in [0.717, 1.165) is 25.0 Å². The first-order valence-electron chi connectivity index (χ1n) is 14.2. The fourth-order valence-electron chi connectivity index (χ4n) is 4.32. The van der Waals surface area contributed by atoms with Crippen LogP contribution in [0.2, 0.25) is 0 Å². The maximum absolute atomic E-state index is 13.8. The molecule has 0 fully saturated rings. The molecule has 1 aromatic rings. The Balaban J connectivity index is 1.91. The Kier molecular flexibility index (Phi) is 18.8. The van der Waals surface area contributed by atoms with E-state index >= 15 is 0 Å². The van der Waals surface area contributed by atoms with Gasteiger partial charge >= 0.3 is 11.9 Å². The number of rotatable bonds is 22. The molecule has 1 aromatic carbocycles. The van der Waals surface area contributed by atoms with Gasteiger partial charge < -0.3 is 9.47 Å². The summed E-state index contributed by atoms with van der Waals surface area (Å²) < 4.78 is 37.8. The first-order valence-corrected chi connectivity index (χ1v) is 14.2. The average Bonchev–Trinajstić information content (AvgIpc) is 2.83. The van der Waals surface area contributed by atoms with Gasteiger partial charge in [0.1, 0.15) is 17.7 Å². The molecule has 206 valence electrons. The fraction of sp³-hybridized carbons (Fsp3) is 0.733. The first kappa shape index (κ1) is 32.0. The maximum Gasteiger partial charge on any atom is 0.306 e. The highest BCUT2D eigenvalue weighted by molar-refractivity contribution is 5.72. The van der Waals surface area contributed by atoms with E-state index < -0.39 is 23.7 Å². The second-order valence-corrected chi connectivity index (χ2v) is 9.79. The van der Waals surface area contributed by atoms with E-state index in [1.165, 1.54) is 96.5 Å². The quantitative estimate of drug-likeness (QED) is 0.115. The molecule has 1 atom stereocenters. The minimum absolute atomic E-state index is 0.00549. The molecule has 0 aromatic heterocycles. The van der Waals surface area contributed by atoms with Crippen molar-refractivity contribution in [2.24, 2.45) is 0 Å². The summed E-state index contributed by atoms with van der Waals surface area (Å²) >= 11 is 0. The van der Waals surface area contributed by atoms with Crippen LogP contribution in [-0.2, 0) is 19.1 Å². The molecule has 1 rings (SSSR count). The Morgan fingerprint density at radius 3 is 1.64 bits per heavy atom. The predicted octanol–water partition coefficient (Wildman–Crippen LogP) is 9.15. The Labute approximate surface area is 217 Å². The number of hydrogen-bond acceptors (Lipinski definition) is 4. The number of carbonyl (C=O) groups is 2. The molecule has 1 unspecified atom stereocenters. The molecule has 0 aliphatic heterocycles. The van der Waals surface area contributed by atoms with Gasteiger partial charge in [0.2, 0.25) is 0 Å². The van der Waals surface area contributed by atoms with Gasteiger partial charge in [0.05, 0.1) is 12.2 Å². The fourth-order valence-corrected chi connectivity index (χ4v) is 4.32. The predicted molar refractivity (Wildman–Crippen MR) is 141 cm³/mol. The molecule has 0 aliphatic carbocycles. The Morgan fingerprint density at radius 2 is 1.14 bits per heavy atom. The largest absolute Gasteiger partial charge is 0.466 e. The Hall–Kier alpha value is -1.98. The topological polar surface area (TPSA) is 52.6 Å². The van der Waals surface area contributed by atoms with Crippen molar-refractivity contribution in [3.63, 3.8) is 0 Å². The third kappa shape index (κ3) is 15.9. The van der Waals surface area contributed by atoms with E-state index in [9.17, 15) is 18.4 Å². The van der Waals surface area contributed by atoms with Gasteiger partial charge in [0, 0.05) is 12.8 Å². The van der Waals surface area contributed by atoms with Crippen LogP contribution in [0.3, 0.4) is 0 Å². The zero-order chi connectivity index (χ0) is 26.4. The standard InChI is InChI=1S/C30H48F2O4/c1-3-4-5-6-7-8-9-10-11-12-13-14-15-16-17-24-35-28(33)22-19-23-29(34)36-25(2)30-26(31)20-18-21-27(30)32/h18,20-21,25H,3-17,19,22-24H2,1-2H3. The van der Waals surface area contributed by atoms with Gasteiger partial charge in [-0.2, -0.15) is 0 Å². The number of benzene rings is 1. The van der Waals surface area contributed by atoms with Crippen LogP contribution >= 0.6 is 0 Å².